The van der Waals surface area contributed by atoms with Crippen molar-refractivity contribution in [2.24, 2.45) is 0 Å². The van der Waals surface area contributed by atoms with Gasteiger partial charge in [-0.3, -0.25) is 4.79 Å². The first kappa shape index (κ1) is 12.6. The molecule has 0 aliphatic rings. The van der Waals surface area contributed by atoms with Crippen molar-refractivity contribution in [2.75, 3.05) is 11.1 Å². The molecule has 0 unspecified atom stereocenters. The molecule has 0 radical (unpaired) electrons. The molecule has 4 N–H and O–H groups in total. The van der Waals surface area contributed by atoms with Crippen molar-refractivity contribution in [1.82, 2.24) is 0 Å². The van der Waals surface area contributed by atoms with Gasteiger partial charge in [-0.2, -0.15) is 0 Å². The minimum atomic E-state index is -1.07. The number of hydrogen-bond donors (Lipinski definition) is 3. The van der Waals surface area contributed by atoms with Crippen LogP contribution in [0.3, 0.4) is 0 Å². The van der Waals surface area contributed by atoms with Crippen molar-refractivity contribution in [3.05, 3.63) is 59.7 Å². The van der Waals surface area contributed by atoms with Crippen LogP contribution >= 0.6 is 0 Å². The van der Waals surface area contributed by atoms with Gasteiger partial charge in [0.15, 0.2) is 0 Å². The highest BCUT2D eigenvalue weighted by Gasteiger charge is 2.09. The zero-order chi connectivity index (χ0) is 13.8. The SMILES string of the molecule is Nc1cccc(NC(=O)c2cccc(C(=O)O)c2)c1. The predicted molar refractivity (Wildman–Crippen MR) is 72.2 cm³/mol. The normalized spacial score (nSPS) is 9.89. The van der Waals surface area contributed by atoms with Crippen molar-refractivity contribution in [1.29, 1.82) is 0 Å². The van der Waals surface area contributed by atoms with Gasteiger partial charge in [-0.1, -0.05) is 12.1 Å². The van der Waals surface area contributed by atoms with Crippen molar-refractivity contribution in [3.63, 3.8) is 0 Å². The first-order valence-electron chi connectivity index (χ1n) is 5.56. The standard InChI is InChI=1S/C14H12N2O3/c15-11-5-2-6-12(8-11)16-13(17)9-3-1-4-10(7-9)14(18)19/h1-8H,15H2,(H,16,17)(H,18,19). The summed E-state index contributed by atoms with van der Waals surface area (Å²) < 4.78 is 0. The number of nitrogens with two attached hydrogens (primary N) is 1. The number of aromatic carboxylic acids is 1. The molecule has 2 aromatic carbocycles. The van der Waals surface area contributed by atoms with Crippen LogP contribution in [0.1, 0.15) is 20.7 Å². The monoisotopic (exact) mass is 256 g/mol. The van der Waals surface area contributed by atoms with Crippen LogP contribution in [0.5, 0.6) is 0 Å². The quantitative estimate of drug-likeness (QED) is 0.734. The van der Waals surface area contributed by atoms with E-state index in [2.05, 4.69) is 5.32 Å². The molecule has 2 aromatic rings. The fourth-order valence-corrected chi connectivity index (χ4v) is 1.61. The molecule has 5 heteroatoms. The van der Waals surface area contributed by atoms with Crippen molar-refractivity contribution in [2.45, 2.75) is 0 Å². The molecule has 1 amide bonds. The summed E-state index contributed by atoms with van der Waals surface area (Å²) in [4.78, 5) is 22.8. The maximum absolute atomic E-state index is 12.0. The fraction of sp³-hybridized carbons (Fsp3) is 0. The van der Waals surface area contributed by atoms with Crippen LogP contribution in [0.2, 0.25) is 0 Å². The number of carbonyl (C=O) groups is 2. The molecule has 5 nitrogen and oxygen atoms in total. The maximum atomic E-state index is 12.0. The largest absolute Gasteiger partial charge is 0.478 e. The highest BCUT2D eigenvalue weighted by molar-refractivity contribution is 6.05. The summed E-state index contributed by atoms with van der Waals surface area (Å²) in [6.45, 7) is 0. The van der Waals surface area contributed by atoms with Crippen LogP contribution in [-0.4, -0.2) is 17.0 Å². The topological polar surface area (TPSA) is 92.4 Å². The van der Waals surface area contributed by atoms with Crippen molar-refractivity contribution < 1.29 is 14.7 Å². The Bertz CT molecular complexity index is 638. The Morgan fingerprint density at radius 2 is 1.68 bits per heavy atom. The average molecular weight is 256 g/mol. The van der Waals surface area contributed by atoms with Crippen LogP contribution in [0.4, 0.5) is 11.4 Å². The molecule has 0 fully saturated rings. The number of nitrogen functional groups attached to an aromatic ring is 1. The van der Waals surface area contributed by atoms with Gasteiger partial charge in [0.05, 0.1) is 5.56 Å². The molecule has 2 rings (SSSR count). The lowest BCUT2D eigenvalue weighted by Gasteiger charge is -2.06. The number of carbonyl (C=O) groups excluding carboxylic acids is 1. The molecule has 0 bridgehead atoms. The molecule has 0 saturated carbocycles. The smallest absolute Gasteiger partial charge is 0.335 e. The molecule has 0 spiro atoms. The highest BCUT2D eigenvalue weighted by atomic mass is 16.4. The average Bonchev–Trinajstić information content (AvgIpc) is 2.39. The number of hydrogen-bond acceptors (Lipinski definition) is 3. The molecule has 19 heavy (non-hydrogen) atoms. The van der Waals surface area contributed by atoms with Gasteiger partial charge >= 0.3 is 5.97 Å². The fourth-order valence-electron chi connectivity index (χ4n) is 1.61. The van der Waals surface area contributed by atoms with Gasteiger partial charge in [0.2, 0.25) is 0 Å². The lowest BCUT2D eigenvalue weighted by atomic mass is 10.1. The van der Waals surface area contributed by atoms with Gasteiger partial charge in [-0.05, 0) is 36.4 Å². The van der Waals surface area contributed by atoms with Gasteiger partial charge in [-0.25, -0.2) is 4.79 Å². The van der Waals surface area contributed by atoms with E-state index in [4.69, 9.17) is 10.8 Å². The number of anilines is 2. The van der Waals surface area contributed by atoms with Crippen molar-refractivity contribution in [3.8, 4) is 0 Å². The molecule has 0 aliphatic carbocycles. The van der Waals surface area contributed by atoms with Gasteiger partial charge in [0.25, 0.3) is 5.91 Å². The molecule has 0 heterocycles. The predicted octanol–water partition coefficient (Wildman–Crippen LogP) is 2.22. The third-order valence-electron chi connectivity index (χ3n) is 2.52. The first-order chi connectivity index (χ1) is 9.06. The second-order valence-corrected chi connectivity index (χ2v) is 3.97. The van der Waals surface area contributed by atoms with E-state index in [1.54, 1.807) is 30.3 Å². The minimum absolute atomic E-state index is 0.0697. The maximum Gasteiger partial charge on any atom is 0.335 e. The molecule has 0 saturated heterocycles. The molecular formula is C14H12N2O3. The van der Waals surface area contributed by atoms with E-state index in [0.29, 0.717) is 11.4 Å². The van der Waals surface area contributed by atoms with E-state index >= 15 is 0 Å². The van der Waals surface area contributed by atoms with E-state index in [0.717, 1.165) is 0 Å². The summed E-state index contributed by atoms with van der Waals surface area (Å²) in [5.41, 5.74) is 7.06. The Hall–Kier alpha value is -2.82. The van der Waals surface area contributed by atoms with Gasteiger partial charge in [0, 0.05) is 16.9 Å². The zero-order valence-corrected chi connectivity index (χ0v) is 9.96. The number of benzene rings is 2. The van der Waals surface area contributed by atoms with E-state index in [1.807, 2.05) is 0 Å². The van der Waals surface area contributed by atoms with Crippen LogP contribution in [0.25, 0.3) is 0 Å². The van der Waals surface area contributed by atoms with Crippen LogP contribution in [0.15, 0.2) is 48.5 Å². The van der Waals surface area contributed by atoms with Crippen molar-refractivity contribution >= 4 is 23.3 Å². The Balaban J connectivity index is 2.20. The molecule has 0 atom stereocenters. The summed E-state index contributed by atoms with van der Waals surface area (Å²) in [7, 11) is 0. The highest BCUT2D eigenvalue weighted by Crippen LogP contribution is 2.14. The summed E-state index contributed by atoms with van der Waals surface area (Å²) in [5.74, 6) is -1.45. The second-order valence-electron chi connectivity index (χ2n) is 3.97. The molecule has 96 valence electrons. The number of nitrogens with one attached hydrogen (secondary N) is 1. The Kier molecular flexibility index (Phi) is 3.47. The Morgan fingerprint density at radius 3 is 2.37 bits per heavy atom. The van der Waals surface area contributed by atoms with E-state index in [9.17, 15) is 9.59 Å². The van der Waals surface area contributed by atoms with E-state index in [-0.39, 0.29) is 17.0 Å². The third-order valence-corrected chi connectivity index (χ3v) is 2.52. The number of rotatable bonds is 3. The van der Waals surface area contributed by atoms with E-state index in [1.165, 1.54) is 18.2 Å². The lowest BCUT2D eigenvalue weighted by molar-refractivity contribution is 0.0697. The molecule has 0 aromatic heterocycles. The van der Waals surface area contributed by atoms with Crippen LogP contribution in [-0.2, 0) is 0 Å². The summed E-state index contributed by atoms with van der Waals surface area (Å²) in [5, 5.41) is 11.5. The summed E-state index contributed by atoms with van der Waals surface area (Å²) in [6, 6.07) is 12.6. The third kappa shape index (κ3) is 3.10. The lowest BCUT2D eigenvalue weighted by Crippen LogP contribution is -2.12. The minimum Gasteiger partial charge on any atom is -0.478 e. The zero-order valence-electron chi connectivity index (χ0n) is 9.96. The van der Waals surface area contributed by atoms with Crippen LogP contribution < -0.4 is 11.1 Å². The Labute approximate surface area is 109 Å². The summed E-state index contributed by atoms with van der Waals surface area (Å²) >= 11 is 0. The number of carboxylic acids is 1. The van der Waals surface area contributed by atoms with Gasteiger partial charge in [0.1, 0.15) is 0 Å². The molecule has 0 aliphatic heterocycles. The first-order valence-corrected chi connectivity index (χ1v) is 5.56. The van der Waals surface area contributed by atoms with Gasteiger partial charge < -0.3 is 16.2 Å². The summed E-state index contributed by atoms with van der Waals surface area (Å²) in [6.07, 6.45) is 0. The number of amides is 1. The second kappa shape index (κ2) is 5.22. The Morgan fingerprint density at radius 1 is 1.00 bits per heavy atom. The number of carboxylic acid groups (broad SMARTS) is 1. The van der Waals surface area contributed by atoms with Crippen LogP contribution in [0, 0.1) is 0 Å². The van der Waals surface area contributed by atoms with E-state index < -0.39 is 5.97 Å². The molecular weight excluding hydrogens is 244 g/mol. The van der Waals surface area contributed by atoms with Gasteiger partial charge in [-0.15, -0.1) is 0 Å².